The highest BCUT2D eigenvalue weighted by Crippen LogP contribution is 2.30. The molecule has 2 heterocycles. The Labute approximate surface area is 189 Å². The molecule has 0 spiro atoms. The fourth-order valence-corrected chi connectivity index (χ4v) is 4.61. The molecule has 0 saturated carbocycles. The summed E-state index contributed by atoms with van der Waals surface area (Å²) in [6, 6.07) is 13.3. The molecule has 3 aromatic rings. The normalized spacial score (nSPS) is 15.9. The first-order valence-corrected chi connectivity index (χ1v) is 11.4. The van der Waals surface area contributed by atoms with Crippen molar-refractivity contribution in [2.24, 2.45) is 0 Å². The maximum atomic E-state index is 13.3. The summed E-state index contributed by atoms with van der Waals surface area (Å²) in [7, 11) is 0. The first-order chi connectivity index (χ1) is 15.5. The Morgan fingerprint density at radius 2 is 2.00 bits per heavy atom. The molecule has 3 amide bonds. The van der Waals surface area contributed by atoms with Gasteiger partial charge in [-0.1, -0.05) is 42.5 Å². The predicted molar refractivity (Wildman–Crippen MR) is 123 cm³/mol. The first-order valence-electron chi connectivity index (χ1n) is 10.6. The number of urea groups is 1. The Balaban J connectivity index is 1.40. The van der Waals surface area contributed by atoms with Crippen LogP contribution in [-0.2, 0) is 6.42 Å². The number of benzene rings is 2. The summed E-state index contributed by atoms with van der Waals surface area (Å²) < 4.78 is 13.3. The largest absolute Gasteiger partial charge is 0.324 e. The Kier molecular flexibility index (Phi) is 6.75. The van der Waals surface area contributed by atoms with Crippen LogP contribution in [0.1, 0.15) is 46.1 Å². The van der Waals surface area contributed by atoms with Crippen molar-refractivity contribution < 1.29 is 14.0 Å². The highest BCUT2D eigenvalue weighted by Gasteiger charge is 2.28. The van der Waals surface area contributed by atoms with Gasteiger partial charge in [-0.05, 0) is 49.1 Å². The summed E-state index contributed by atoms with van der Waals surface area (Å²) >= 11 is 1.21. The van der Waals surface area contributed by atoms with E-state index in [1.807, 2.05) is 24.3 Å². The molecule has 0 aliphatic carbocycles. The van der Waals surface area contributed by atoms with Gasteiger partial charge in [0.05, 0.1) is 0 Å². The second-order valence-corrected chi connectivity index (χ2v) is 8.65. The van der Waals surface area contributed by atoms with Crippen LogP contribution in [0, 0.1) is 5.82 Å². The molecule has 1 aromatic heterocycles. The number of nitrogens with one attached hydrogen (secondary N) is 2. The summed E-state index contributed by atoms with van der Waals surface area (Å²) in [4.78, 5) is 27.1. The lowest BCUT2D eigenvalue weighted by atomic mass is 9.99. The number of nitrogens with zero attached hydrogens (tertiary/aromatic N) is 3. The number of piperidine rings is 1. The number of halogens is 1. The molecule has 9 heteroatoms. The summed E-state index contributed by atoms with van der Waals surface area (Å²) in [5, 5.41) is 14.8. The number of anilines is 2. The van der Waals surface area contributed by atoms with Crippen LogP contribution >= 0.6 is 11.3 Å². The molecule has 166 valence electrons. The molecule has 1 aliphatic rings. The Morgan fingerprint density at radius 1 is 1.16 bits per heavy atom. The van der Waals surface area contributed by atoms with E-state index in [0.717, 1.165) is 35.5 Å². The molecule has 1 aliphatic heterocycles. The van der Waals surface area contributed by atoms with E-state index in [1.165, 1.54) is 29.5 Å². The van der Waals surface area contributed by atoms with Crippen LogP contribution in [-0.4, -0.2) is 40.1 Å². The maximum absolute atomic E-state index is 13.3. The van der Waals surface area contributed by atoms with Crippen molar-refractivity contribution in [1.29, 1.82) is 0 Å². The van der Waals surface area contributed by atoms with E-state index in [2.05, 4.69) is 27.8 Å². The third kappa shape index (κ3) is 5.11. The lowest BCUT2D eigenvalue weighted by Gasteiger charge is -2.31. The Bertz CT molecular complexity index is 1120. The number of hydrogen-bond donors (Lipinski definition) is 2. The van der Waals surface area contributed by atoms with Crippen LogP contribution in [0.25, 0.3) is 0 Å². The van der Waals surface area contributed by atoms with Gasteiger partial charge in [-0.25, -0.2) is 9.18 Å². The molecule has 2 aromatic carbocycles. The van der Waals surface area contributed by atoms with Crippen molar-refractivity contribution in [3.63, 3.8) is 0 Å². The molecule has 7 nitrogen and oxygen atoms in total. The average Bonchev–Trinajstić information content (AvgIpc) is 3.30. The van der Waals surface area contributed by atoms with Crippen molar-refractivity contribution >= 4 is 34.6 Å². The van der Waals surface area contributed by atoms with Gasteiger partial charge >= 0.3 is 6.03 Å². The number of amides is 3. The number of aryl methyl sites for hydroxylation is 1. The average molecular weight is 454 g/mol. The Morgan fingerprint density at radius 3 is 2.81 bits per heavy atom. The highest BCUT2D eigenvalue weighted by atomic mass is 32.1. The zero-order valence-corrected chi connectivity index (χ0v) is 18.5. The fourth-order valence-electron chi connectivity index (χ4n) is 3.75. The number of para-hydroxylation sites is 1. The quantitative estimate of drug-likeness (QED) is 0.575. The van der Waals surface area contributed by atoms with Crippen molar-refractivity contribution in [1.82, 2.24) is 15.1 Å². The number of aromatic nitrogens is 2. The molecular weight excluding hydrogens is 429 g/mol. The second kappa shape index (κ2) is 9.86. The molecule has 0 bridgehead atoms. The van der Waals surface area contributed by atoms with Gasteiger partial charge in [0.1, 0.15) is 10.8 Å². The van der Waals surface area contributed by atoms with Gasteiger partial charge in [-0.2, -0.15) is 0 Å². The molecule has 0 radical (unpaired) electrons. The molecule has 32 heavy (non-hydrogen) atoms. The van der Waals surface area contributed by atoms with Crippen LogP contribution in [0.3, 0.4) is 0 Å². The number of likely N-dealkylation sites (tertiary alicyclic amines) is 1. The van der Waals surface area contributed by atoms with E-state index >= 15 is 0 Å². The second-order valence-electron chi connectivity index (χ2n) is 7.64. The van der Waals surface area contributed by atoms with Crippen molar-refractivity contribution in [3.8, 4) is 0 Å². The standard InChI is InChI=1S/C23H24FN5O2S/c1-2-15-7-3-4-11-19(15)26-23(31)29-12-6-8-16(14-29)21-27-28-22(32-21)20(30)25-18-10-5-9-17(24)13-18/h3-5,7,9-11,13,16H,2,6,8,12,14H2,1H3,(H,25,30)(H,26,31)/t16-/m0/s1. The van der Waals surface area contributed by atoms with Crippen LogP contribution in [0.5, 0.6) is 0 Å². The number of carbonyl (C=O) groups excluding carboxylic acids is 2. The van der Waals surface area contributed by atoms with Crippen molar-refractivity contribution in [2.75, 3.05) is 23.7 Å². The van der Waals surface area contributed by atoms with E-state index in [0.29, 0.717) is 18.8 Å². The molecule has 0 unspecified atom stereocenters. The summed E-state index contributed by atoms with van der Waals surface area (Å²) in [5.74, 6) is -0.840. The number of carbonyl (C=O) groups is 2. The zero-order valence-electron chi connectivity index (χ0n) is 17.7. The molecule has 4 rings (SSSR count). The number of rotatable bonds is 5. The van der Waals surface area contributed by atoms with E-state index in [1.54, 1.807) is 11.0 Å². The lowest BCUT2D eigenvalue weighted by Crippen LogP contribution is -2.41. The predicted octanol–water partition coefficient (Wildman–Crippen LogP) is 4.90. The van der Waals surface area contributed by atoms with Crippen LogP contribution in [0.15, 0.2) is 48.5 Å². The number of hydrogen-bond acceptors (Lipinski definition) is 5. The van der Waals surface area contributed by atoms with E-state index in [-0.39, 0.29) is 17.0 Å². The summed E-state index contributed by atoms with van der Waals surface area (Å²) in [5.41, 5.74) is 2.28. The van der Waals surface area contributed by atoms with Crippen molar-refractivity contribution in [3.05, 3.63) is 69.9 Å². The molecule has 2 N–H and O–H groups in total. The topological polar surface area (TPSA) is 87.2 Å². The minimum absolute atomic E-state index is 0.0177. The third-order valence-electron chi connectivity index (χ3n) is 5.42. The third-order valence-corrected chi connectivity index (χ3v) is 6.50. The van der Waals surface area contributed by atoms with Gasteiger partial charge in [0.15, 0.2) is 0 Å². The van der Waals surface area contributed by atoms with E-state index in [4.69, 9.17) is 0 Å². The van der Waals surface area contributed by atoms with Gasteiger partial charge in [0.25, 0.3) is 5.91 Å². The zero-order chi connectivity index (χ0) is 22.5. The minimum atomic E-state index is -0.430. The Hall–Kier alpha value is -3.33. The monoisotopic (exact) mass is 453 g/mol. The highest BCUT2D eigenvalue weighted by molar-refractivity contribution is 7.13. The molecule has 1 atom stereocenters. The molecular formula is C23H24FN5O2S. The van der Waals surface area contributed by atoms with Crippen molar-refractivity contribution in [2.45, 2.75) is 32.1 Å². The molecule has 1 saturated heterocycles. The smallest absolute Gasteiger partial charge is 0.321 e. The lowest BCUT2D eigenvalue weighted by molar-refractivity contribution is 0.102. The maximum Gasteiger partial charge on any atom is 0.321 e. The van der Waals surface area contributed by atoms with Gasteiger partial charge in [0, 0.05) is 30.4 Å². The van der Waals surface area contributed by atoms with Crippen LogP contribution in [0.4, 0.5) is 20.6 Å². The first kappa shape index (κ1) is 21.9. The van der Waals surface area contributed by atoms with Gasteiger partial charge in [-0.3, -0.25) is 4.79 Å². The minimum Gasteiger partial charge on any atom is -0.324 e. The fraction of sp³-hybridized carbons (Fsp3) is 0.304. The van der Waals surface area contributed by atoms with Crippen LogP contribution < -0.4 is 10.6 Å². The van der Waals surface area contributed by atoms with Crippen LogP contribution in [0.2, 0.25) is 0 Å². The molecule has 1 fully saturated rings. The summed E-state index contributed by atoms with van der Waals surface area (Å²) in [6.45, 7) is 3.24. The van der Waals surface area contributed by atoms with Gasteiger partial charge in [-0.15, -0.1) is 10.2 Å². The summed E-state index contributed by atoms with van der Waals surface area (Å²) in [6.07, 6.45) is 2.55. The van der Waals surface area contributed by atoms with E-state index in [9.17, 15) is 14.0 Å². The SMILES string of the molecule is CCc1ccccc1NC(=O)N1CCC[C@H](c2nnc(C(=O)Nc3cccc(F)c3)s2)C1. The van der Waals surface area contributed by atoms with Gasteiger partial charge in [0.2, 0.25) is 5.01 Å². The van der Waals surface area contributed by atoms with E-state index < -0.39 is 11.7 Å². The van der Waals surface area contributed by atoms with Gasteiger partial charge < -0.3 is 15.5 Å².